The van der Waals surface area contributed by atoms with Crippen LogP contribution < -0.4 is 11.1 Å². The molecule has 3 aromatic carbocycles. The van der Waals surface area contributed by atoms with Gasteiger partial charge in [-0.25, -0.2) is 18.3 Å². The Morgan fingerprint density at radius 1 is 1.02 bits per heavy atom. The van der Waals surface area contributed by atoms with E-state index in [-0.39, 0.29) is 23.7 Å². The van der Waals surface area contributed by atoms with Gasteiger partial charge in [-0.3, -0.25) is 4.90 Å². The van der Waals surface area contributed by atoms with E-state index in [1.807, 2.05) is 36.9 Å². The predicted molar refractivity (Wildman–Crippen MR) is 155 cm³/mol. The number of halogens is 6. The molecule has 5 rings (SSSR count). The van der Waals surface area contributed by atoms with Crippen molar-refractivity contribution in [1.29, 1.82) is 0 Å². The van der Waals surface area contributed by atoms with Crippen molar-refractivity contribution >= 4 is 23.3 Å². The summed E-state index contributed by atoms with van der Waals surface area (Å²) in [5.74, 6) is -1.66. The SMILES string of the molecule is CCc1cccc(CC)c1-n1nc2c(c1-c1cc(F)c(NC(N)=O)cc1F)CN(Cc1ccc(C(F)(F)F)cc1Cl)CC2. The number of aryl methyl sites for hydroxylation is 2. The van der Waals surface area contributed by atoms with Crippen LogP contribution in [0.3, 0.4) is 0 Å². The van der Waals surface area contributed by atoms with Crippen LogP contribution in [0.15, 0.2) is 48.5 Å². The fourth-order valence-electron chi connectivity index (χ4n) is 5.54. The molecule has 0 atom stereocenters. The number of carbonyl (C=O) groups is 1. The van der Waals surface area contributed by atoms with Gasteiger partial charge in [-0.15, -0.1) is 0 Å². The van der Waals surface area contributed by atoms with Gasteiger partial charge in [-0.1, -0.05) is 49.7 Å². The number of anilines is 1. The molecule has 1 aliphatic rings. The molecule has 0 bridgehead atoms. The number of benzene rings is 3. The number of rotatable bonds is 7. The summed E-state index contributed by atoms with van der Waals surface area (Å²) in [4.78, 5) is 13.3. The maximum atomic E-state index is 15.8. The molecule has 2 amide bonds. The summed E-state index contributed by atoms with van der Waals surface area (Å²) < 4.78 is 72.1. The number of nitrogens with zero attached hydrogens (tertiary/aromatic N) is 3. The van der Waals surface area contributed by atoms with Crippen molar-refractivity contribution in [3.05, 3.63) is 98.7 Å². The molecule has 12 heteroatoms. The summed E-state index contributed by atoms with van der Waals surface area (Å²) in [6.45, 7) is 5.03. The van der Waals surface area contributed by atoms with Gasteiger partial charge >= 0.3 is 12.2 Å². The Bertz CT molecular complexity index is 1680. The first-order chi connectivity index (χ1) is 20.4. The van der Waals surface area contributed by atoms with Gasteiger partial charge < -0.3 is 11.1 Å². The van der Waals surface area contributed by atoms with E-state index in [2.05, 4.69) is 5.32 Å². The van der Waals surface area contributed by atoms with E-state index in [0.29, 0.717) is 48.3 Å². The maximum Gasteiger partial charge on any atom is 0.416 e. The van der Waals surface area contributed by atoms with Crippen molar-refractivity contribution in [3.8, 4) is 16.9 Å². The van der Waals surface area contributed by atoms with Crippen LogP contribution in [0.1, 0.15) is 47.4 Å². The van der Waals surface area contributed by atoms with Gasteiger partial charge in [-0.05, 0) is 47.7 Å². The minimum Gasteiger partial charge on any atom is -0.351 e. The van der Waals surface area contributed by atoms with Crippen molar-refractivity contribution in [1.82, 2.24) is 14.7 Å². The third-order valence-electron chi connectivity index (χ3n) is 7.63. The number of urea groups is 1. The van der Waals surface area contributed by atoms with E-state index in [0.717, 1.165) is 41.1 Å². The number of nitrogens with two attached hydrogens (primary N) is 1. The molecule has 0 aliphatic carbocycles. The van der Waals surface area contributed by atoms with Crippen LogP contribution in [0.2, 0.25) is 5.02 Å². The minimum absolute atomic E-state index is 0.00773. The Kier molecular flexibility index (Phi) is 8.49. The molecule has 1 aromatic heterocycles. The molecule has 0 radical (unpaired) electrons. The van der Waals surface area contributed by atoms with Gasteiger partial charge in [0.25, 0.3) is 0 Å². The Morgan fingerprint density at radius 2 is 1.72 bits per heavy atom. The molecule has 3 N–H and O–H groups in total. The van der Waals surface area contributed by atoms with Crippen molar-refractivity contribution in [3.63, 3.8) is 0 Å². The predicted octanol–water partition coefficient (Wildman–Crippen LogP) is 7.66. The lowest BCUT2D eigenvalue weighted by atomic mass is 9.98. The molecule has 1 aliphatic heterocycles. The van der Waals surface area contributed by atoms with Gasteiger partial charge in [0.15, 0.2) is 0 Å². The Morgan fingerprint density at radius 3 is 2.33 bits per heavy atom. The van der Waals surface area contributed by atoms with Crippen LogP contribution in [0.5, 0.6) is 0 Å². The van der Waals surface area contributed by atoms with Crippen LogP contribution in [0.25, 0.3) is 16.9 Å². The molecule has 0 saturated heterocycles. The highest BCUT2D eigenvalue weighted by Gasteiger charge is 2.32. The zero-order valence-corrected chi connectivity index (χ0v) is 24.2. The third kappa shape index (κ3) is 6.09. The lowest BCUT2D eigenvalue weighted by molar-refractivity contribution is -0.137. The highest BCUT2D eigenvalue weighted by atomic mass is 35.5. The van der Waals surface area contributed by atoms with Crippen molar-refractivity contribution < 1.29 is 26.7 Å². The Balaban J connectivity index is 1.63. The summed E-state index contributed by atoms with van der Waals surface area (Å²) in [6, 6.07) is 10.0. The van der Waals surface area contributed by atoms with E-state index in [1.165, 1.54) is 6.07 Å². The zero-order chi connectivity index (χ0) is 31.1. The van der Waals surface area contributed by atoms with Crippen molar-refractivity contribution in [2.24, 2.45) is 5.73 Å². The molecule has 0 spiro atoms. The smallest absolute Gasteiger partial charge is 0.351 e. The summed E-state index contributed by atoms with van der Waals surface area (Å²) in [5.41, 5.74) is 8.82. The van der Waals surface area contributed by atoms with Crippen LogP contribution in [0.4, 0.5) is 32.4 Å². The number of hydrogen-bond donors (Lipinski definition) is 2. The Labute approximate surface area is 250 Å². The summed E-state index contributed by atoms with van der Waals surface area (Å²) >= 11 is 6.25. The fraction of sp³-hybridized carbons (Fsp3) is 0.290. The quantitative estimate of drug-likeness (QED) is 0.209. The van der Waals surface area contributed by atoms with E-state index < -0.39 is 35.1 Å². The van der Waals surface area contributed by atoms with Gasteiger partial charge in [0.2, 0.25) is 0 Å². The van der Waals surface area contributed by atoms with E-state index >= 15 is 8.78 Å². The lowest BCUT2D eigenvalue weighted by Gasteiger charge is -2.27. The second-order valence-corrected chi connectivity index (χ2v) is 10.8. The largest absolute Gasteiger partial charge is 0.416 e. The van der Waals surface area contributed by atoms with Gasteiger partial charge in [0.05, 0.1) is 28.3 Å². The monoisotopic (exact) mass is 617 g/mol. The molecule has 226 valence electrons. The molecule has 0 unspecified atom stereocenters. The Hall–Kier alpha value is -3.96. The standard InChI is InChI=1S/C31H29ClF5N5O/c1-3-17-6-5-7-18(4-2)28(17)42-29(21-13-25(34)27(14-24(21)33)39-30(38)43)22-16-41(11-10-26(22)40-42)15-19-8-9-20(12-23(19)32)31(35,36)37/h5-9,12-14H,3-4,10-11,15-16H2,1-2H3,(H3,38,39,43). The van der Waals surface area contributed by atoms with Crippen LogP contribution in [-0.4, -0.2) is 27.3 Å². The lowest BCUT2D eigenvalue weighted by Crippen LogP contribution is -2.30. The first-order valence-electron chi connectivity index (χ1n) is 13.8. The van der Waals surface area contributed by atoms with E-state index in [9.17, 15) is 18.0 Å². The topological polar surface area (TPSA) is 76.2 Å². The van der Waals surface area contributed by atoms with Crippen LogP contribution in [-0.2, 0) is 38.5 Å². The van der Waals surface area contributed by atoms with Crippen LogP contribution >= 0.6 is 11.6 Å². The zero-order valence-electron chi connectivity index (χ0n) is 23.5. The summed E-state index contributed by atoms with van der Waals surface area (Å²) in [6.07, 6.45) is -2.71. The molecular formula is C31H29ClF5N5O. The average molecular weight is 618 g/mol. The minimum atomic E-state index is -4.51. The number of alkyl halides is 3. The number of fused-ring (bicyclic) bond motifs is 1. The van der Waals surface area contributed by atoms with E-state index in [1.54, 1.807) is 4.68 Å². The number of para-hydroxylation sites is 1. The first-order valence-corrected chi connectivity index (χ1v) is 14.1. The number of aromatic nitrogens is 2. The van der Waals surface area contributed by atoms with Crippen LogP contribution in [0, 0.1) is 11.6 Å². The number of hydrogen-bond acceptors (Lipinski definition) is 3. The van der Waals surface area contributed by atoms with Crippen molar-refractivity contribution in [2.75, 3.05) is 11.9 Å². The molecular weight excluding hydrogens is 589 g/mol. The van der Waals surface area contributed by atoms with Crippen molar-refractivity contribution in [2.45, 2.75) is 52.4 Å². The fourth-order valence-corrected chi connectivity index (χ4v) is 5.78. The summed E-state index contributed by atoms with van der Waals surface area (Å²) in [5, 5.41) is 7.00. The highest BCUT2D eigenvalue weighted by molar-refractivity contribution is 6.31. The maximum absolute atomic E-state index is 15.8. The number of carbonyl (C=O) groups excluding carboxylic acids is 1. The summed E-state index contributed by atoms with van der Waals surface area (Å²) in [7, 11) is 0. The molecule has 4 aromatic rings. The average Bonchev–Trinajstić information content (AvgIpc) is 3.32. The number of nitrogens with one attached hydrogen (secondary N) is 1. The second-order valence-electron chi connectivity index (χ2n) is 10.4. The normalized spacial score (nSPS) is 13.7. The van der Waals surface area contributed by atoms with E-state index in [4.69, 9.17) is 22.4 Å². The molecule has 2 heterocycles. The molecule has 0 saturated carbocycles. The first kappa shape index (κ1) is 30.5. The highest BCUT2D eigenvalue weighted by Crippen LogP contribution is 2.39. The number of primary amides is 1. The second kappa shape index (κ2) is 12.0. The number of amides is 2. The third-order valence-corrected chi connectivity index (χ3v) is 7.99. The van der Waals surface area contributed by atoms with Gasteiger partial charge in [0.1, 0.15) is 11.6 Å². The molecule has 0 fully saturated rings. The van der Waals surface area contributed by atoms with Gasteiger partial charge in [0, 0.05) is 48.3 Å². The molecule has 6 nitrogen and oxygen atoms in total. The van der Waals surface area contributed by atoms with Gasteiger partial charge in [-0.2, -0.15) is 18.3 Å². The molecule has 43 heavy (non-hydrogen) atoms.